The lowest BCUT2D eigenvalue weighted by Gasteiger charge is -2.24. The summed E-state index contributed by atoms with van der Waals surface area (Å²) in [4.78, 5) is 15.0. The van der Waals surface area contributed by atoms with Gasteiger partial charge in [-0.15, -0.1) is 0 Å². The van der Waals surface area contributed by atoms with Crippen LogP contribution in [0, 0.1) is 0 Å². The standard InChI is InChI=1S/C14H19N3O2/c1-14(2,8-15)17-12(19)6-9-7-16-13-10(9)4-3-5-11(13)18/h3-5,7,16,18H,6,8,15H2,1-2H3,(H,17,19). The highest BCUT2D eigenvalue weighted by molar-refractivity contribution is 5.92. The Morgan fingerprint density at radius 3 is 2.89 bits per heavy atom. The van der Waals surface area contributed by atoms with E-state index in [2.05, 4.69) is 10.3 Å². The number of nitrogens with one attached hydrogen (secondary N) is 2. The minimum Gasteiger partial charge on any atom is -0.506 e. The number of aromatic nitrogens is 1. The molecule has 2 aromatic rings. The van der Waals surface area contributed by atoms with Crippen LogP contribution in [0.4, 0.5) is 0 Å². The van der Waals surface area contributed by atoms with Crippen molar-refractivity contribution in [2.24, 2.45) is 5.73 Å². The van der Waals surface area contributed by atoms with Gasteiger partial charge >= 0.3 is 0 Å². The molecule has 2 rings (SSSR count). The van der Waals surface area contributed by atoms with Gasteiger partial charge in [0, 0.05) is 23.7 Å². The van der Waals surface area contributed by atoms with Crippen LogP contribution in [-0.2, 0) is 11.2 Å². The van der Waals surface area contributed by atoms with E-state index in [9.17, 15) is 9.90 Å². The molecule has 0 aliphatic carbocycles. The molecule has 1 aromatic carbocycles. The fraction of sp³-hybridized carbons (Fsp3) is 0.357. The summed E-state index contributed by atoms with van der Waals surface area (Å²) < 4.78 is 0. The second-order valence-electron chi connectivity index (χ2n) is 5.33. The molecule has 1 amide bonds. The minimum absolute atomic E-state index is 0.0836. The molecule has 0 saturated carbocycles. The summed E-state index contributed by atoms with van der Waals surface area (Å²) in [6.45, 7) is 4.14. The van der Waals surface area contributed by atoms with Gasteiger partial charge < -0.3 is 21.1 Å². The van der Waals surface area contributed by atoms with Crippen molar-refractivity contribution in [2.75, 3.05) is 6.54 Å². The number of benzene rings is 1. The molecule has 102 valence electrons. The van der Waals surface area contributed by atoms with Crippen molar-refractivity contribution >= 4 is 16.8 Å². The predicted molar refractivity (Wildman–Crippen MR) is 74.9 cm³/mol. The zero-order valence-corrected chi connectivity index (χ0v) is 11.2. The number of H-pyrrole nitrogens is 1. The van der Waals surface area contributed by atoms with Gasteiger partial charge in [0.1, 0.15) is 5.75 Å². The first-order chi connectivity index (χ1) is 8.93. The summed E-state index contributed by atoms with van der Waals surface area (Å²) in [5, 5.41) is 13.4. The third-order valence-corrected chi connectivity index (χ3v) is 3.12. The smallest absolute Gasteiger partial charge is 0.224 e. The third kappa shape index (κ3) is 2.88. The molecular weight excluding hydrogens is 242 g/mol. The maximum absolute atomic E-state index is 12.0. The summed E-state index contributed by atoms with van der Waals surface area (Å²) in [6.07, 6.45) is 2.01. The summed E-state index contributed by atoms with van der Waals surface area (Å²) in [5.41, 5.74) is 6.69. The van der Waals surface area contributed by atoms with Gasteiger partial charge in [-0.2, -0.15) is 0 Å². The molecule has 0 saturated heterocycles. The van der Waals surface area contributed by atoms with Gasteiger partial charge in [0.05, 0.1) is 11.9 Å². The fourth-order valence-electron chi connectivity index (χ4n) is 1.99. The van der Waals surface area contributed by atoms with E-state index in [1.807, 2.05) is 19.9 Å². The molecule has 1 heterocycles. The number of carbonyl (C=O) groups is 1. The number of para-hydroxylation sites is 1. The molecule has 0 radical (unpaired) electrons. The Hall–Kier alpha value is -2.01. The second kappa shape index (κ2) is 4.93. The largest absolute Gasteiger partial charge is 0.506 e. The molecule has 0 atom stereocenters. The number of amides is 1. The van der Waals surface area contributed by atoms with E-state index in [-0.39, 0.29) is 18.1 Å². The highest BCUT2D eigenvalue weighted by atomic mass is 16.3. The minimum atomic E-state index is -0.411. The number of hydrogen-bond donors (Lipinski definition) is 4. The number of nitrogens with two attached hydrogens (primary N) is 1. The third-order valence-electron chi connectivity index (χ3n) is 3.12. The maximum Gasteiger partial charge on any atom is 0.224 e. The Morgan fingerprint density at radius 2 is 2.21 bits per heavy atom. The second-order valence-corrected chi connectivity index (χ2v) is 5.33. The molecule has 5 heteroatoms. The number of hydrogen-bond acceptors (Lipinski definition) is 3. The quantitative estimate of drug-likeness (QED) is 0.668. The Kier molecular flexibility index (Phi) is 3.48. The topological polar surface area (TPSA) is 91.1 Å². The zero-order valence-electron chi connectivity index (χ0n) is 11.2. The van der Waals surface area contributed by atoms with E-state index in [0.29, 0.717) is 12.1 Å². The predicted octanol–water partition coefficient (Wildman–Crippen LogP) is 1.27. The van der Waals surface area contributed by atoms with Gasteiger partial charge in [-0.25, -0.2) is 0 Å². The first kappa shape index (κ1) is 13.4. The van der Waals surface area contributed by atoms with Gasteiger partial charge in [-0.3, -0.25) is 4.79 Å². The van der Waals surface area contributed by atoms with Gasteiger partial charge in [0.15, 0.2) is 0 Å². The van der Waals surface area contributed by atoms with Gasteiger partial charge in [-0.1, -0.05) is 12.1 Å². The molecule has 1 aromatic heterocycles. The molecule has 5 nitrogen and oxygen atoms in total. The molecule has 0 spiro atoms. The Balaban J connectivity index is 2.18. The van der Waals surface area contributed by atoms with Crippen LogP contribution in [0.15, 0.2) is 24.4 Å². The van der Waals surface area contributed by atoms with Crippen molar-refractivity contribution in [1.82, 2.24) is 10.3 Å². The number of phenolic OH excluding ortho intramolecular Hbond substituents is 1. The summed E-state index contributed by atoms with van der Waals surface area (Å²) in [5.74, 6) is 0.103. The van der Waals surface area contributed by atoms with Crippen LogP contribution in [0.25, 0.3) is 10.9 Å². The molecule has 0 aliphatic rings. The van der Waals surface area contributed by atoms with Crippen molar-refractivity contribution in [3.05, 3.63) is 30.0 Å². The lowest BCUT2D eigenvalue weighted by Crippen LogP contribution is -2.49. The fourth-order valence-corrected chi connectivity index (χ4v) is 1.99. The number of carbonyl (C=O) groups excluding carboxylic acids is 1. The summed E-state index contributed by atoms with van der Waals surface area (Å²) in [6, 6.07) is 5.25. The summed E-state index contributed by atoms with van der Waals surface area (Å²) >= 11 is 0. The number of fused-ring (bicyclic) bond motifs is 1. The van der Waals surface area contributed by atoms with Gasteiger partial charge in [0.25, 0.3) is 0 Å². The van der Waals surface area contributed by atoms with Crippen molar-refractivity contribution in [3.8, 4) is 5.75 Å². The normalized spacial score (nSPS) is 11.7. The van der Waals surface area contributed by atoms with E-state index in [1.165, 1.54) is 0 Å². The van der Waals surface area contributed by atoms with Crippen LogP contribution in [0.2, 0.25) is 0 Å². The highest BCUT2D eigenvalue weighted by Gasteiger charge is 2.19. The van der Waals surface area contributed by atoms with Crippen LogP contribution in [-0.4, -0.2) is 28.1 Å². The molecule has 19 heavy (non-hydrogen) atoms. The number of aromatic amines is 1. The Bertz CT molecular complexity index is 602. The summed E-state index contributed by atoms with van der Waals surface area (Å²) in [7, 11) is 0. The van der Waals surface area contributed by atoms with Gasteiger partial charge in [0.2, 0.25) is 5.91 Å². The van der Waals surface area contributed by atoms with Crippen molar-refractivity contribution in [3.63, 3.8) is 0 Å². The van der Waals surface area contributed by atoms with Crippen LogP contribution in [0.3, 0.4) is 0 Å². The molecule has 0 bridgehead atoms. The molecule has 0 aliphatic heterocycles. The number of aromatic hydroxyl groups is 1. The highest BCUT2D eigenvalue weighted by Crippen LogP contribution is 2.26. The molecule has 5 N–H and O–H groups in total. The SMILES string of the molecule is CC(C)(CN)NC(=O)Cc1c[nH]c2c(O)cccc12. The van der Waals surface area contributed by atoms with Crippen molar-refractivity contribution in [1.29, 1.82) is 0 Å². The Morgan fingerprint density at radius 1 is 1.47 bits per heavy atom. The lowest BCUT2D eigenvalue weighted by atomic mass is 10.0. The number of phenols is 1. The Labute approximate surface area is 111 Å². The average molecular weight is 261 g/mol. The van der Waals surface area contributed by atoms with E-state index in [1.54, 1.807) is 18.3 Å². The average Bonchev–Trinajstić information content (AvgIpc) is 2.73. The van der Waals surface area contributed by atoms with Crippen LogP contribution >= 0.6 is 0 Å². The lowest BCUT2D eigenvalue weighted by molar-refractivity contribution is -0.121. The van der Waals surface area contributed by atoms with Crippen molar-refractivity contribution in [2.45, 2.75) is 25.8 Å². The van der Waals surface area contributed by atoms with Crippen LogP contribution in [0.1, 0.15) is 19.4 Å². The molecule has 0 unspecified atom stereocenters. The van der Waals surface area contributed by atoms with Crippen molar-refractivity contribution < 1.29 is 9.90 Å². The monoisotopic (exact) mass is 261 g/mol. The molecule has 0 fully saturated rings. The maximum atomic E-state index is 12.0. The van der Waals surface area contributed by atoms with E-state index < -0.39 is 5.54 Å². The van der Waals surface area contributed by atoms with E-state index in [4.69, 9.17) is 5.73 Å². The molecular formula is C14H19N3O2. The number of rotatable bonds is 4. The van der Waals surface area contributed by atoms with E-state index >= 15 is 0 Å². The van der Waals surface area contributed by atoms with E-state index in [0.717, 1.165) is 10.9 Å². The van der Waals surface area contributed by atoms with Gasteiger partial charge in [-0.05, 0) is 25.5 Å². The first-order valence-corrected chi connectivity index (χ1v) is 6.22. The zero-order chi connectivity index (χ0) is 14.0. The van der Waals surface area contributed by atoms with Crippen LogP contribution < -0.4 is 11.1 Å². The first-order valence-electron chi connectivity index (χ1n) is 6.22. The van der Waals surface area contributed by atoms with Crippen LogP contribution in [0.5, 0.6) is 5.75 Å².